The molecule has 3 heteroatoms. The van der Waals surface area contributed by atoms with Gasteiger partial charge in [-0.1, -0.05) is 17.7 Å². The normalized spacial score (nSPS) is 21.2. The van der Waals surface area contributed by atoms with Crippen molar-refractivity contribution in [2.75, 3.05) is 0 Å². The van der Waals surface area contributed by atoms with Crippen molar-refractivity contribution in [3.8, 4) is 5.75 Å². The molecule has 1 aromatic carbocycles. The molecule has 2 rings (SSSR count). The lowest BCUT2D eigenvalue weighted by Crippen LogP contribution is -2.18. The molecule has 0 heterocycles. The average molecular weight is 252 g/mol. The maximum absolute atomic E-state index is 5.98. The van der Waals surface area contributed by atoms with Gasteiger partial charge in [0.05, 0.1) is 0 Å². The molecular formula is C14H18ClNO. The molecule has 2 atom stereocenters. The Kier molecular flexibility index (Phi) is 4.08. The molecule has 0 aliphatic heterocycles. The van der Waals surface area contributed by atoms with E-state index in [9.17, 15) is 0 Å². The fraction of sp³-hybridized carbons (Fsp3) is 0.429. The Hall–Kier alpha value is -0.990. The van der Waals surface area contributed by atoms with E-state index in [2.05, 4.69) is 12.2 Å². The summed E-state index contributed by atoms with van der Waals surface area (Å²) in [7, 11) is 0. The molecular weight excluding hydrogens is 234 g/mol. The zero-order valence-electron chi connectivity index (χ0n) is 10.0. The number of halogens is 1. The number of ether oxygens (including phenoxy) is 1. The largest absolute Gasteiger partial charge is 0.486 e. The van der Waals surface area contributed by atoms with Gasteiger partial charge in [-0.25, -0.2) is 0 Å². The summed E-state index contributed by atoms with van der Waals surface area (Å²) >= 11 is 5.98. The molecule has 1 unspecified atom stereocenters. The molecule has 0 aromatic heterocycles. The van der Waals surface area contributed by atoms with Crippen molar-refractivity contribution in [3.63, 3.8) is 0 Å². The van der Waals surface area contributed by atoms with E-state index in [1.54, 1.807) is 0 Å². The van der Waals surface area contributed by atoms with E-state index in [4.69, 9.17) is 22.1 Å². The molecule has 0 bridgehead atoms. The van der Waals surface area contributed by atoms with Crippen LogP contribution in [0.2, 0.25) is 5.02 Å². The quantitative estimate of drug-likeness (QED) is 0.829. The van der Waals surface area contributed by atoms with Crippen LogP contribution in [-0.4, -0.2) is 6.10 Å². The lowest BCUT2D eigenvalue weighted by molar-refractivity contribution is 0.227. The number of allylic oxidation sites excluding steroid dienone is 1. The van der Waals surface area contributed by atoms with E-state index in [1.165, 1.54) is 6.42 Å². The second-order valence-electron chi connectivity index (χ2n) is 4.49. The number of benzene rings is 1. The zero-order valence-corrected chi connectivity index (χ0v) is 10.8. The summed E-state index contributed by atoms with van der Waals surface area (Å²) in [6.07, 6.45) is 7.88. The highest BCUT2D eigenvalue weighted by Crippen LogP contribution is 2.29. The molecule has 0 radical (unpaired) electrons. The van der Waals surface area contributed by atoms with Crippen LogP contribution in [0.3, 0.4) is 0 Å². The summed E-state index contributed by atoms with van der Waals surface area (Å²) in [6.45, 7) is 1.94. The molecule has 1 aromatic rings. The second-order valence-corrected chi connectivity index (χ2v) is 4.92. The van der Waals surface area contributed by atoms with Crippen molar-refractivity contribution >= 4 is 11.6 Å². The fourth-order valence-electron chi connectivity index (χ4n) is 2.02. The lowest BCUT2D eigenvalue weighted by Gasteiger charge is -2.21. The summed E-state index contributed by atoms with van der Waals surface area (Å²) in [5.41, 5.74) is 6.90. The van der Waals surface area contributed by atoms with Gasteiger partial charge in [-0.15, -0.1) is 0 Å². The van der Waals surface area contributed by atoms with Gasteiger partial charge in [0.1, 0.15) is 11.9 Å². The molecule has 0 saturated carbocycles. The van der Waals surface area contributed by atoms with Gasteiger partial charge in [-0.3, -0.25) is 0 Å². The van der Waals surface area contributed by atoms with Gasteiger partial charge in [0, 0.05) is 16.6 Å². The molecule has 0 fully saturated rings. The minimum Gasteiger partial charge on any atom is -0.486 e. The van der Waals surface area contributed by atoms with Crippen molar-refractivity contribution < 1.29 is 4.74 Å². The van der Waals surface area contributed by atoms with Crippen molar-refractivity contribution in [1.29, 1.82) is 0 Å². The van der Waals surface area contributed by atoms with Crippen LogP contribution in [0.5, 0.6) is 5.75 Å². The van der Waals surface area contributed by atoms with Crippen molar-refractivity contribution in [1.82, 2.24) is 0 Å². The molecule has 1 aliphatic rings. The highest BCUT2D eigenvalue weighted by Gasteiger charge is 2.14. The van der Waals surface area contributed by atoms with Crippen LogP contribution in [0.4, 0.5) is 0 Å². The maximum atomic E-state index is 5.98. The van der Waals surface area contributed by atoms with E-state index < -0.39 is 0 Å². The highest BCUT2D eigenvalue weighted by atomic mass is 35.5. The van der Waals surface area contributed by atoms with Gasteiger partial charge in [0.25, 0.3) is 0 Å². The van der Waals surface area contributed by atoms with Gasteiger partial charge in [-0.2, -0.15) is 0 Å². The smallest absolute Gasteiger partial charge is 0.125 e. The minimum absolute atomic E-state index is 0.0729. The number of hydrogen-bond donors (Lipinski definition) is 1. The summed E-state index contributed by atoms with van der Waals surface area (Å²) < 4.78 is 5.98. The van der Waals surface area contributed by atoms with Gasteiger partial charge in [0.2, 0.25) is 0 Å². The first-order valence-corrected chi connectivity index (χ1v) is 6.43. The van der Waals surface area contributed by atoms with E-state index in [1.807, 2.05) is 25.1 Å². The van der Waals surface area contributed by atoms with Gasteiger partial charge in [-0.05, 0) is 50.5 Å². The third-order valence-electron chi connectivity index (χ3n) is 2.95. The Labute approximate surface area is 107 Å². The predicted molar refractivity (Wildman–Crippen MR) is 71.5 cm³/mol. The maximum Gasteiger partial charge on any atom is 0.125 e. The van der Waals surface area contributed by atoms with Gasteiger partial charge < -0.3 is 10.5 Å². The summed E-state index contributed by atoms with van der Waals surface area (Å²) in [4.78, 5) is 0. The van der Waals surface area contributed by atoms with Crippen molar-refractivity contribution in [2.24, 2.45) is 5.73 Å². The number of nitrogens with two attached hydrogens (primary N) is 1. The summed E-state index contributed by atoms with van der Waals surface area (Å²) in [5.74, 6) is 0.848. The highest BCUT2D eigenvalue weighted by molar-refractivity contribution is 6.30. The molecule has 1 aliphatic carbocycles. The number of rotatable bonds is 3. The van der Waals surface area contributed by atoms with E-state index in [-0.39, 0.29) is 12.1 Å². The van der Waals surface area contributed by atoms with Crippen molar-refractivity contribution in [3.05, 3.63) is 40.9 Å². The Morgan fingerprint density at radius 1 is 1.47 bits per heavy atom. The molecule has 0 saturated heterocycles. The Bertz CT molecular complexity index is 415. The zero-order chi connectivity index (χ0) is 12.3. The van der Waals surface area contributed by atoms with Crippen LogP contribution in [0.15, 0.2) is 30.4 Å². The predicted octanol–water partition coefficient (Wildman–Crippen LogP) is 3.85. The standard InChI is InChI=1S/C14H18ClNO/c1-10(16)13-9-11(15)7-8-14(13)17-12-5-3-2-4-6-12/h3,5,7-10,12H,2,4,6,16H2,1H3/t10-,12?/m0/s1. The van der Waals surface area contributed by atoms with Crippen LogP contribution >= 0.6 is 11.6 Å². The number of hydrogen-bond acceptors (Lipinski definition) is 2. The molecule has 0 amide bonds. The van der Waals surface area contributed by atoms with Crippen molar-refractivity contribution in [2.45, 2.75) is 38.3 Å². The molecule has 17 heavy (non-hydrogen) atoms. The monoisotopic (exact) mass is 251 g/mol. The first kappa shape index (κ1) is 12.5. The molecule has 0 spiro atoms. The van der Waals surface area contributed by atoms with E-state index in [0.717, 1.165) is 24.2 Å². The van der Waals surface area contributed by atoms with E-state index >= 15 is 0 Å². The van der Waals surface area contributed by atoms with Crippen LogP contribution in [-0.2, 0) is 0 Å². The Balaban J connectivity index is 2.19. The second kappa shape index (κ2) is 5.56. The van der Waals surface area contributed by atoms with Gasteiger partial charge in [0.15, 0.2) is 0 Å². The van der Waals surface area contributed by atoms with Crippen LogP contribution in [0.25, 0.3) is 0 Å². The van der Waals surface area contributed by atoms with Crippen LogP contribution in [0, 0.1) is 0 Å². The average Bonchev–Trinajstić information content (AvgIpc) is 2.32. The minimum atomic E-state index is -0.0729. The topological polar surface area (TPSA) is 35.2 Å². The third kappa shape index (κ3) is 3.24. The summed E-state index contributed by atoms with van der Waals surface area (Å²) in [5, 5.41) is 0.698. The van der Waals surface area contributed by atoms with Crippen LogP contribution < -0.4 is 10.5 Å². The SMILES string of the molecule is C[C@H](N)c1cc(Cl)ccc1OC1C=CCCC1. The van der Waals surface area contributed by atoms with E-state index in [0.29, 0.717) is 5.02 Å². The Morgan fingerprint density at radius 3 is 2.94 bits per heavy atom. The Morgan fingerprint density at radius 2 is 2.29 bits per heavy atom. The lowest BCUT2D eigenvalue weighted by atomic mass is 10.0. The molecule has 2 nitrogen and oxygen atoms in total. The third-order valence-corrected chi connectivity index (χ3v) is 3.19. The molecule has 92 valence electrons. The summed E-state index contributed by atoms with van der Waals surface area (Å²) in [6, 6.07) is 5.56. The van der Waals surface area contributed by atoms with Crippen LogP contribution in [0.1, 0.15) is 37.8 Å². The fourth-order valence-corrected chi connectivity index (χ4v) is 2.21. The van der Waals surface area contributed by atoms with Gasteiger partial charge >= 0.3 is 0 Å². The first-order chi connectivity index (χ1) is 8.16. The first-order valence-electron chi connectivity index (χ1n) is 6.05. The molecule has 2 N–H and O–H groups in total.